The van der Waals surface area contributed by atoms with Crippen molar-refractivity contribution in [2.75, 3.05) is 12.3 Å². The van der Waals surface area contributed by atoms with Crippen LogP contribution in [0.5, 0.6) is 5.75 Å². The molecule has 0 aromatic heterocycles. The molecule has 1 rings (SSSR count). The number of benzene rings is 1. The number of ether oxygens (including phenoxy) is 1. The van der Waals surface area contributed by atoms with Crippen LogP contribution in [-0.4, -0.2) is 11.7 Å². The van der Waals surface area contributed by atoms with E-state index in [1.807, 2.05) is 6.07 Å². The van der Waals surface area contributed by atoms with Crippen molar-refractivity contribution in [3.63, 3.8) is 0 Å². The Morgan fingerprint density at radius 3 is 2.79 bits per heavy atom. The average molecular weight is 195 g/mol. The van der Waals surface area contributed by atoms with Gasteiger partial charge < -0.3 is 15.6 Å². The van der Waals surface area contributed by atoms with Gasteiger partial charge in [-0.15, -0.1) is 0 Å². The third-order valence-electron chi connectivity index (χ3n) is 2.01. The van der Waals surface area contributed by atoms with Crippen molar-refractivity contribution in [3.05, 3.63) is 23.8 Å². The Balaban J connectivity index is 2.59. The van der Waals surface area contributed by atoms with Crippen LogP contribution in [-0.2, 0) is 6.61 Å². The number of unbranched alkanes of at least 4 members (excludes halogenated alkanes) is 1. The maximum atomic E-state index is 8.87. The predicted octanol–water partition coefficient (Wildman–Crippen LogP) is 1.94. The predicted molar refractivity (Wildman–Crippen MR) is 57.2 cm³/mol. The molecule has 0 heterocycles. The Kier molecular flexibility index (Phi) is 4.26. The molecule has 0 fully saturated rings. The summed E-state index contributed by atoms with van der Waals surface area (Å²) < 4.78 is 5.47. The van der Waals surface area contributed by atoms with Gasteiger partial charge in [-0.05, 0) is 24.1 Å². The summed E-state index contributed by atoms with van der Waals surface area (Å²) in [6.07, 6.45) is 2.13. The number of rotatable bonds is 5. The lowest BCUT2D eigenvalue weighted by Crippen LogP contribution is -2.00. The number of aliphatic hydroxyl groups excluding tert-OH is 1. The highest BCUT2D eigenvalue weighted by Crippen LogP contribution is 2.22. The van der Waals surface area contributed by atoms with E-state index in [0.29, 0.717) is 18.0 Å². The second kappa shape index (κ2) is 5.50. The number of anilines is 1. The maximum Gasteiger partial charge on any atom is 0.142 e. The molecular formula is C11H17NO2. The Bertz CT molecular complexity index is 287. The van der Waals surface area contributed by atoms with E-state index in [1.165, 1.54) is 0 Å². The van der Waals surface area contributed by atoms with Gasteiger partial charge in [-0.25, -0.2) is 0 Å². The summed E-state index contributed by atoms with van der Waals surface area (Å²) in [5.41, 5.74) is 7.14. The molecule has 3 N–H and O–H groups in total. The first-order chi connectivity index (χ1) is 6.77. The average Bonchev–Trinajstić information content (AvgIpc) is 2.20. The van der Waals surface area contributed by atoms with E-state index in [2.05, 4.69) is 6.92 Å². The Labute approximate surface area is 84.5 Å². The van der Waals surface area contributed by atoms with Gasteiger partial charge in [-0.1, -0.05) is 19.4 Å². The molecule has 0 bridgehead atoms. The molecule has 0 atom stereocenters. The molecular weight excluding hydrogens is 178 g/mol. The van der Waals surface area contributed by atoms with Crippen LogP contribution in [0, 0.1) is 0 Å². The second-order valence-electron chi connectivity index (χ2n) is 3.23. The zero-order chi connectivity index (χ0) is 10.4. The van der Waals surface area contributed by atoms with Gasteiger partial charge in [0.25, 0.3) is 0 Å². The van der Waals surface area contributed by atoms with Gasteiger partial charge in [-0.3, -0.25) is 0 Å². The molecule has 0 saturated carbocycles. The minimum atomic E-state index is 0.0133. The van der Waals surface area contributed by atoms with Crippen molar-refractivity contribution in [3.8, 4) is 5.75 Å². The Morgan fingerprint density at radius 2 is 2.21 bits per heavy atom. The Morgan fingerprint density at radius 1 is 1.43 bits per heavy atom. The molecule has 0 amide bonds. The zero-order valence-electron chi connectivity index (χ0n) is 8.49. The minimum Gasteiger partial charge on any atom is -0.491 e. The summed E-state index contributed by atoms with van der Waals surface area (Å²) in [6, 6.07) is 5.36. The van der Waals surface area contributed by atoms with Crippen molar-refractivity contribution in [1.82, 2.24) is 0 Å². The fourth-order valence-corrected chi connectivity index (χ4v) is 1.15. The van der Waals surface area contributed by atoms with E-state index in [1.54, 1.807) is 12.1 Å². The zero-order valence-corrected chi connectivity index (χ0v) is 8.49. The topological polar surface area (TPSA) is 55.5 Å². The van der Waals surface area contributed by atoms with Crippen LogP contribution >= 0.6 is 0 Å². The third-order valence-corrected chi connectivity index (χ3v) is 2.01. The number of nitrogen functional groups attached to an aromatic ring is 1. The van der Waals surface area contributed by atoms with Crippen LogP contribution in [0.15, 0.2) is 18.2 Å². The minimum absolute atomic E-state index is 0.0133. The first-order valence-corrected chi connectivity index (χ1v) is 4.90. The highest BCUT2D eigenvalue weighted by atomic mass is 16.5. The Hall–Kier alpha value is -1.22. The van der Waals surface area contributed by atoms with Crippen LogP contribution in [0.25, 0.3) is 0 Å². The quantitative estimate of drug-likeness (QED) is 0.557. The van der Waals surface area contributed by atoms with E-state index < -0.39 is 0 Å². The van der Waals surface area contributed by atoms with Crippen LogP contribution in [0.4, 0.5) is 5.69 Å². The molecule has 0 aliphatic rings. The van der Waals surface area contributed by atoms with Gasteiger partial charge >= 0.3 is 0 Å². The van der Waals surface area contributed by atoms with Crippen LogP contribution < -0.4 is 10.5 Å². The molecule has 1 aromatic carbocycles. The highest BCUT2D eigenvalue weighted by molar-refractivity contribution is 5.54. The maximum absolute atomic E-state index is 8.87. The SMILES string of the molecule is CCCCOc1ccc(CO)cc1N. The summed E-state index contributed by atoms with van der Waals surface area (Å²) in [4.78, 5) is 0. The number of nitrogens with two attached hydrogens (primary N) is 1. The molecule has 1 aromatic rings. The lowest BCUT2D eigenvalue weighted by atomic mass is 10.2. The van der Waals surface area contributed by atoms with Crippen LogP contribution in [0.2, 0.25) is 0 Å². The first kappa shape index (κ1) is 10.9. The second-order valence-corrected chi connectivity index (χ2v) is 3.23. The summed E-state index contributed by atoms with van der Waals surface area (Å²) >= 11 is 0. The van der Waals surface area contributed by atoms with E-state index in [4.69, 9.17) is 15.6 Å². The molecule has 0 aliphatic heterocycles. The number of aliphatic hydroxyl groups is 1. The van der Waals surface area contributed by atoms with E-state index in [-0.39, 0.29) is 6.61 Å². The van der Waals surface area contributed by atoms with Crippen molar-refractivity contribution >= 4 is 5.69 Å². The van der Waals surface area contributed by atoms with Gasteiger partial charge in [0.1, 0.15) is 5.75 Å². The van der Waals surface area contributed by atoms with E-state index in [0.717, 1.165) is 18.4 Å². The molecule has 0 aliphatic carbocycles. The molecule has 0 spiro atoms. The lowest BCUT2D eigenvalue weighted by molar-refractivity contribution is 0.281. The number of hydrogen-bond donors (Lipinski definition) is 2. The van der Waals surface area contributed by atoms with E-state index >= 15 is 0 Å². The van der Waals surface area contributed by atoms with Crippen molar-refractivity contribution < 1.29 is 9.84 Å². The summed E-state index contributed by atoms with van der Waals surface area (Å²) in [5.74, 6) is 0.704. The standard InChI is InChI=1S/C11H17NO2/c1-2-3-6-14-11-5-4-9(8-13)7-10(11)12/h4-5,7,13H,2-3,6,8,12H2,1H3. The lowest BCUT2D eigenvalue weighted by Gasteiger charge is -2.08. The van der Waals surface area contributed by atoms with Gasteiger partial charge in [0.2, 0.25) is 0 Å². The summed E-state index contributed by atoms with van der Waals surface area (Å²) in [6.45, 7) is 2.82. The number of hydrogen-bond acceptors (Lipinski definition) is 3. The molecule has 3 nitrogen and oxygen atoms in total. The molecule has 0 saturated heterocycles. The molecule has 78 valence electrons. The monoisotopic (exact) mass is 195 g/mol. The summed E-state index contributed by atoms with van der Waals surface area (Å²) in [5, 5.41) is 8.87. The first-order valence-electron chi connectivity index (χ1n) is 4.90. The van der Waals surface area contributed by atoms with Crippen molar-refractivity contribution in [2.45, 2.75) is 26.4 Å². The van der Waals surface area contributed by atoms with Crippen LogP contribution in [0.3, 0.4) is 0 Å². The largest absolute Gasteiger partial charge is 0.491 e. The fraction of sp³-hybridized carbons (Fsp3) is 0.455. The molecule has 0 radical (unpaired) electrons. The third kappa shape index (κ3) is 2.92. The molecule has 0 unspecified atom stereocenters. The van der Waals surface area contributed by atoms with Gasteiger partial charge in [0.05, 0.1) is 18.9 Å². The van der Waals surface area contributed by atoms with Gasteiger partial charge in [0, 0.05) is 0 Å². The highest BCUT2D eigenvalue weighted by Gasteiger charge is 2.00. The molecule has 3 heteroatoms. The fourth-order valence-electron chi connectivity index (χ4n) is 1.15. The van der Waals surface area contributed by atoms with Gasteiger partial charge in [0.15, 0.2) is 0 Å². The smallest absolute Gasteiger partial charge is 0.142 e. The van der Waals surface area contributed by atoms with Crippen molar-refractivity contribution in [2.24, 2.45) is 0 Å². The van der Waals surface area contributed by atoms with Crippen LogP contribution in [0.1, 0.15) is 25.3 Å². The van der Waals surface area contributed by atoms with Crippen molar-refractivity contribution in [1.29, 1.82) is 0 Å². The molecule has 14 heavy (non-hydrogen) atoms. The normalized spacial score (nSPS) is 10.1. The summed E-state index contributed by atoms with van der Waals surface area (Å²) in [7, 11) is 0. The van der Waals surface area contributed by atoms with E-state index in [9.17, 15) is 0 Å². The van der Waals surface area contributed by atoms with Gasteiger partial charge in [-0.2, -0.15) is 0 Å².